The molecule has 0 atom stereocenters. The van der Waals surface area contributed by atoms with Gasteiger partial charge in [0.05, 0.1) is 17.3 Å². The Morgan fingerprint density at radius 1 is 1.45 bits per heavy atom. The third kappa shape index (κ3) is 2.69. The molecule has 0 aliphatic carbocycles. The van der Waals surface area contributed by atoms with Gasteiger partial charge in [-0.05, 0) is 41.6 Å². The number of nitrogens with two attached hydrogens (primary N) is 1. The van der Waals surface area contributed by atoms with Crippen molar-refractivity contribution in [1.82, 2.24) is 15.4 Å². The molecule has 7 nitrogen and oxygen atoms in total. The quantitative estimate of drug-likeness (QED) is 0.758. The molecule has 0 fully saturated rings. The molecule has 8 heteroatoms. The molecule has 2 aromatic rings. The number of hydrogen-bond acceptors (Lipinski definition) is 5. The van der Waals surface area contributed by atoms with E-state index in [0.29, 0.717) is 29.4 Å². The highest BCUT2D eigenvalue weighted by Gasteiger charge is 2.19. The van der Waals surface area contributed by atoms with Crippen molar-refractivity contribution in [3.05, 3.63) is 21.4 Å². The van der Waals surface area contributed by atoms with Crippen LogP contribution >= 0.6 is 22.6 Å². The maximum atomic E-state index is 11.3. The monoisotopic (exact) mass is 388 g/mol. The predicted octanol–water partition coefficient (Wildman–Crippen LogP) is 1.58. The summed E-state index contributed by atoms with van der Waals surface area (Å²) in [6, 6.07) is 3.57. The van der Waals surface area contributed by atoms with E-state index in [9.17, 15) is 4.79 Å². The molecule has 20 heavy (non-hydrogen) atoms. The van der Waals surface area contributed by atoms with Gasteiger partial charge in [0.15, 0.2) is 17.2 Å². The smallest absolute Gasteiger partial charge is 0.271 e. The first kappa shape index (κ1) is 14.6. The second-order valence-electron chi connectivity index (χ2n) is 3.81. The van der Waals surface area contributed by atoms with Crippen LogP contribution in [0.3, 0.4) is 0 Å². The molecule has 0 unspecified atom stereocenters. The average molecular weight is 388 g/mol. The van der Waals surface area contributed by atoms with Crippen molar-refractivity contribution in [1.29, 1.82) is 0 Å². The average Bonchev–Trinajstić information content (AvgIpc) is 2.90. The minimum absolute atomic E-state index is 0.0898. The second kappa shape index (κ2) is 6.07. The van der Waals surface area contributed by atoms with Crippen LogP contribution in [0, 0.1) is 3.57 Å². The van der Waals surface area contributed by atoms with E-state index >= 15 is 0 Å². The van der Waals surface area contributed by atoms with Gasteiger partial charge in [-0.25, -0.2) is 0 Å². The van der Waals surface area contributed by atoms with Crippen molar-refractivity contribution in [2.75, 3.05) is 13.7 Å². The Bertz CT molecular complexity index is 642. The summed E-state index contributed by atoms with van der Waals surface area (Å²) in [6.45, 7) is 2.43. The Balaban J connectivity index is 2.56. The molecule has 2 rings (SSSR count). The van der Waals surface area contributed by atoms with Crippen LogP contribution in [-0.2, 0) is 0 Å². The van der Waals surface area contributed by atoms with Gasteiger partial charge in [0, 0.05) is 5.56 Å². The normalized spacial score (nSPS) is 10.3. The molecule has 0 saturated carbocycles. The van der Waals surface area contributed by atoms with Gasteiger partial charge in [0.2, 0.25) is 0 Å². The number of benzene rings is 1. The van der Waals surface area contributed by atoms with E-state index < -0.39 is 5.91 Å². The summed E-state index contributed by atoms with van der Waals surface area (Å²) in [6.07, 6.45) is 0. The molecule has 1 aromatic carbocycles. The number of aromatic nitrogens is 3. The first-order valence-electron chi connectivity index (χ1n) is 5.79. The van der Waals surface area contributed by atoms with Crippen LogP contribution in [0.2, 0.25) is 0 Å². The fourth-order valence-electron chi connectivity index (χ4n) is 1.74. The predicted molar refractivity (Wildman–Crippen MR) is 80.8 cm³/mol. The lowest BCUT2D eigenvalue weighted by molar-refractivity contribution is 0.0996. The van der Waals surface area contributed by atoms with Crippen molar-refractivity contribution in [3.63, 3.8) is 0 Å². The van der Waals surface area contributed by atoms with Crippen molar-refractivity contribution < 1.29 is 14.3 Å². The van der Waals surface area contributed by atoms with E-state index in [1.165, 1.54) is 0 Å². The maximum Gasteiger partial charge on any atom is 0.271 e. The van der Waals surface area contributed by atoms with Crippen LogP contribution in [0.1, 0.15) is 17.4 Å². The summed E-state index contributed by atoms with van der Waals surface area (Å²) < 4.78 is 11.7. The van der Waals surface area contributed by atoms with E-state index in [4.69, 9.17) is 15.2 Å². The van der Waals surface area contributed by atoms with Crippen LogP contribution in [-0.4, -0.2) is 35.0 Å². The van der Waals surface area contributed by atoms with Crippen molar-refractivity contribution in [2.45, 2.75) is 6.92 Å². The molecular weight excluding hydrogens is 375 g/mol. The zero-order valence-electron chi connectivity index (χ0n) is 10.9. The van der Waals surface area contributed by atoms with Gasteiger partial charge >= 0.3 is 0 Å². The molecule has 0 spiro atoms. The van der Waals surface area contributed by atoms with E-state index in [1.54, 1.807) is 13.2 Å². The van der Waals surface area contributed by atoms with E-state index in [0.717, 1.165) is 3.57 Å². The van der Waals surface area contributed by atoms with E-state index in [1.807, 2.05) is 13.0 Å². The Morgan fingerprint density at radius 2 is 2.20 bits per heavy atom. The van der Waals surface area contributed by atoms with Crippen LogP contribution in [0.4, 0.5) is 0 Å². The lowest BCUT2D eigenvalue weighted by Crippen LogP contribution is -2.12. The number of aromatic amines is 1. The van der Waals surface area contributed by atoms with Crippen LogP contribution < -0.4 is 15.2 Å². The minimum Gasteiger partial charge on any atom is -0.493 e. The van der Waals surface area contributed by atoms with Gasteiger partial charge in [-0.2, -0.15) is 15.4 Å². The van der Waals surface area contributed by atoms with E-state index in [2.05, 4.69) is 38.0 Å². The molecule has 0 aliphatic heterocycles. The molecular formula is C12H13IN4O3. The van der Waals surface area contributed by atoms with Gasteiger partial charge in [0.25, 0.3) is 5.91 Å². The van der Waals surface area contributed by atoms with Gasteiger partial charge in [-0.3, -0.25) is 4.79 Å². The summed E-state index contributed by atoms with van der Waals surface area (Å²) in [5.74, 6) is 0.576. The minimum atomic E-state index is -0.642. The topological polar surface area (TPSA) is 103 Å². The number of rotatable bonds is 5. The summed E-state index contributed by atoms with van der Waals surface area (Å²) in [4.78, 5) is 11.3. The first-order chi connectivity index (χ1) is 9.58. The third-order valence-corrected chi connectivity index (χ3v) is 3.37. The molecule has 0 radical (unpaired) electrons. The molecule has 3 N–H and O–H groups in total. The first-order valence-corrected chi connectivity index (χ1v) is 6.87. The van der Waals surface area contributed by atoms with Crippen molar-refractivity contribution >= 4 is 28.5 Å². The molecule has 1 heterocycles. The summed E-state index contributed by atoms with van der Waals surface area (Å²) in [5.41, 5.74) is 6.42. The Labute approximate surface area is 129 Å². The number of H-pyrrole nitrogens is 1. The van der Waals surface area contributed by atoms with E-state index in [-0.39, 0.29) is 5.69 Å². The van der Waals surface area contributed by atoms with Gasteiger partial charge in [0.1, 0.15) is 5.69 Å². The number of ether oxygens (including phenoxy) is 2. The largest absolute Gasteiger partial charge is 0.493 e. The molecule has 106 valence electrons. The molecule has 0 aliphatic rings. The zero-order chi connectivity index (χ0) is 14.7. The second-order valence-corrected chi connectivity index (χ2v) is 4.97. The maximum absolute atomic E-state index is 11.3. The number of hydrogen-bond donors (Lipinski definition) is 2. The van der Waals surface area contributed by atoms with Crippen LogP contribution in [0.15, 0.2) is 12.1 Å². The van der Waals surface area contributed by atoms with Gasteiger partial charge < -0.3 is 15.2 Å². The molecule has 1 aromatic heterocycles. The number of halogens is 1. The number of nitrogens with zero attached hydrogens (tertiary/aromatic N) is 2. The number of nitrogens with one attached hydrogen (secondary N) is 1. The fourth-order valence-corrected chi connectivity index (χ4v) is 2.50. The lowest BCUT2D eigenvalue weighted by atomic mass is 10.1. The molecule has 0 saturated heterocycles. The highest BCUT2D eigenvalue weighted by molar-refractivity contribution is 14.1. The van der Waals surface area contributed by atoms with Crippen LogP contribution in [0.5, 0.6) is 11.5 Å². The Kier molecular flexibility index (Phi) is 4.42. The summed E-state index contributed by atoms with van der Waals surface area (Å²) in [7, 11) is 1.55. The highest BCUT2D eigenvalue weighted by atomic mass is 127. The molecule has 1 amide bonds. The van der Waals surface area contributed by atoms with Crippen molar-refractivity contribution in [2.24, 2.45) is 5.73 Å². The highest BCUT2D eigenvalue weighted by Crippen LogP contribution is 2.37. The fraction of sp³-hybridized carbons (Fsp3) is 0.250. The van der Waals surface area contributed by atoms with Gasteiger partial charge in [-0.1, -0.05) is 0 Å². The summed E-state index contributed by atoms with van der Waals surface area (Å²) in [5, 5.41) is 10.1. The zero-order valence-corrected chi connectivity index (χ0v) is 13.1. The lowest BCUT2D eigenvalue weighted by Gasteiger charge is -2.12. The van der Waals surface area contributed by atoms with Gasteiger partial charge in [-0.15, -0.1) is 0 Å². The standard InChI is InChI=1S/C12H13IN4O3/c1-3-20-11-7(13)4-6(5-8(11)19-2)9-10(12(14)18)16-17-15-9/h4-5H,3H2,1-2H3,(H2,14,18)(H,15,16,17). The third-order valence-electron chi connectivity index (χ3n) is 2.57. The summed E-state index contributed by atoms with van der Waals surface area (Å²) >= 11 is 2.13. The SMILES string of the molecule is CCOc1c(I)cc(-c2n[nH]nc2C(N)=O)cc1OC. The number of amides is 1. The number of primary amides is 1. The van der Waals surface area contributed by atoms with Crippen LogP contribution in [0.25, 0.3) is 11.3 Å². The number of carbonyl (C=O) groups excluding carboxylic acids is 1. The molecule has 0 bridgehead atoms. The Hall–Kier alpha value is -1.84. The Morgan fingerprint density at radius 3 is 2.80 bits per heavy atom. The number of carbonyl (C=O) groups is 1. The number of methoxy groups -OCH3 is 1. The van der Waals surface area contributed by atoms with Crippen molar-refractivity contribution in [3.8, 4) is 22.8 Å².